The van der Waals surface area contributed by atoms with Crippen LogP contribution >= 0.6 is 15.9 Å². The first-order chi connectivity index (χ1) is 8.56. The van der Waals surface area contributed by atoms with E-state index in [9.17, 15) is 4.39 Å². The zero-order chi connectivity index (χ0) is 13.1. The smallest absolute Gasteiger partial charge is 0.227 e. The fourth-order valence-corrected chi connectivity index (χ4v) is 1.82. The van der Waals surface area contributed by atoms with Gasteiger partial charge in [-0.15, -0.1) is 0 Å². The largest absolute Gasteiger partial charge is 0.393 e. The van der Waals surface area contributed by atoms with Gasteiger partial charge < -0.3 is 9.63 Å². The molecule has 0 aliphatic heterocycles. The van der Waals surface area contributed by atoms with Crippen LogP contribution in [0.1, 0.15) is 19.2 Å². The van der Waals surface area contributed by atoms with Crippen molar-refractivity contribution in [2.24, 2.45) is 0 Å². The van der Waals surface area contributed by atoms with Gasteiger partial charge in [-0.25, -0.2) is 4.39 Å². The number of halogens is 2. The zero-order valence-corrected chi connectivity index (χ0v) is 11.3. The molecule has 0 saturated heterocycles. The monoisotopic (exact) mass is 314 g/mol. The number of aryl methyl sites for hydroxylation is 1. The van der Waals surface area contributed by atoms with E-state index in [0.29, 0.717) is 34.6 Å². The fourth-order valence-electron chi connectivity index (χ4n) is 1.44. The van der Waals surface area contributed by atoms with Crippen LogP contribution in [-0.4, -0.2) is 21.4 Å². The summed E-state index contributed by atoms with van der Waals surface area (Å²) in [7, 11) is 0. The van der Waals surface area contributed by atoms with Crippen molar-refractivity contribution in [2.45, 2.75) is 25.9 Å². The van der Waals surface area contributed by atoms with E-state index in [4.69, 9.17) is 9.63 Å². The topological polar surface area (TPSA) is 59.2 Å². The molecule has 1 aromatic carbocycles. The van der Waals surface area contributed by atoms with Gasteiger partial charge in [0.1, 0.15) is 5.82 Å². The summed E-state index contributed by atoms with van der Waals surface area (Å²) in [5.41, 5.74) is 0.676. The Morgan fingerprint density at radius 1 is 1.50 bits per heavy atom. The van der Waals surface area contributed by atoms with Crippen molar-refractivity contribution in [3.63, 3.8) is 0 Å². The molecular weight excluding hydrogens is 303 g/mol. The van der Waals surface area contributed by atoms with Crippen molar-refractivity contribution in [2.75, 3.05) is 0 Å². The highest BCUT2D eigenvalue weighted by molar-refractivity contribution is 9.10. The first-order valence-corrected chi connectivity index (χ1v) is 6.31. The van der Waals surface area contributed by atoms with Gasteiger partial charge in [0.05, 0.1) is 10.6 Å². The molecule has 0 aliphatic rings. The van der Waals surface area contributed by atoms with Gasteiger partial charge in [-0.3, -0.25) is 0 Å². The van der Waals surface area contributed by atoms with Gasteiger partial charge in [-0.2, -0.15) is 4.98 Å². The lowest BCUT2D eigenvalue weighted by molar-refractivity contribution is 0.180. The first kappa shape index (κ1) is 13.2. The Balaban J connectivity index is 2.16. The maximum Gasteiger partial charge on any atom is 0.227 e. The molecule has 0 radical (unpaired) electrons. The van der Waals surface area contributed by atoms with Crippen LogP contribution in [0.3, 0.4) is 0 Å². The Kier molecular flexibility index (Phi) is 4.08. The second-order valence-corrected chi connectivity index (χ2v) is 4.88. The zero-order valence-electron chi connectivity index (χ0n) is 9.73. The van der Waals surface area contributed by atoms with Crippen molar-refractivity contribution < 1.29 is 14.0 Å². The number of aliphatic hydroxyl groups excluding tert-OH is 1. The summed E-state index contributed by atoms with van der Waals surface area (Å²) in [5.74, 6) is 0.541. The average molecular weight is 315 g/mol. The summed E-state index contributed by atoms with van der Waals surface area (Å²) < 4.78 is 18.5. The standard InChI is InChI=1S/C12H12BrFN2O2/c1-7(17)2-5-11-15-12(16-18-11)8-3-4-10(14)9(13)6-8/h3-4,6-7,17H,2,5H2,1H3. The van der Waals surface area contributed by atoms with E-state index in [-0.39, 0.29) is 5.82 Å². The molecule has 1 unspecified atom stereocenters. The Bertz CT molecular complexity index is 543. The Morgan fingerprint density at radius 3 is 2.94 bits per heavy atom. The Morgan fingerprint density at radius 2 is 2.28 bits per heavy atom. The summed E-state index contributed by atoms with van der Waals surface area (Å²) >= 11 is 3.11. The lowest BCUT2D eigenvalue weighted by Gasteiger charge is -1.98. The van der Waals surface area contributed by atoms with Crippen LogP contribution in [0, 0.1) is 5.82 Å². The number of aliphatic hydroxyl groups is 1. The molecule has 2 aromatic rings. The number of rotatable bonds is 4. The maximum atomic E-state index is 13.1. The molecule has 0 amide bonds. The number of nitrogens with zero attached hydrogens (tertiary/aromatic N) is 2. The summed E-state index contributed by atoms with van der Waals surface area (Å²) in [6.45, 7) is 1.70. The first-order valence-electron chi connectivity index (χ1n) is 5.52. The van der Waals surface area contributed by atoms with Gasteiger partial charge in [0, 0.05) is 12.0 Å². The molecular formula is C12H12BrFN2O2. The third-order valence-electron chi connectivity index (χ3n) is 2.42. The molecule has 1 atom stereocenters. The van der Waals surface area contributed by atoms with Crippen LogP contribution in [0.4, 0.5) is 4.39 Å². The normalized spacial score (nSPS) is 12.7. The van der Waals surface area contributed by atoms with Gasteiger partial charge in [-0.05, 0) is 47.5 Å². The predicted octanol–water partition coefficient (Wildman–Crippen LogP) is 2.95. The van der Waals surface area contributed by atoms with Gasteiger partial charge in [0.25, 0.3) is 0 Å². The van der Waals surface area contributed by atoms with Gasteiger partial charge in [0.15, 0.2) is 0 Å². The fraction of sp³-hybridized carbons (Fsp3) is 0.333. The van der Waals surface area contributed by atoms with Crippen molar-refractivity contribution >= 4 is 15.9 Å². The quantitative estimate of drug-likeness (QED) is 0.942. The molecule has 0 fully saturated rings. The molecule has 0 saturated carbocycles. The van der Waals surface area contributed by atoms with Crippen molar-refractivity contribution in [3.05, 3.63) is 34.4 Å². The molecule has 1 aromatic heterocycles. The van der Waals surface area contributed by atoms with Gasteiger partial charge in [0.2, 0.25) is 11.7 Å². The molecule has 4 nitrogen and oxygen atoms in total. The van der Waals surface area contributed by atoms with E-state index in [1.807, 2.05) is 0 Å². The molecule has 0 aliphatic carbocycles. The van der Waals surface area contributed by atoms with Crippen LogP contribution in [0.2, 0.25) is 0 Å². The van der Waals surface area contributed by atoms with Gasteiger partial charge >= 0.3 is 0 Å². The third kappa shape index (κ3) is 3.14. The van der Waals surface area contributed by atoms with E-state index in [2.05, 4.69) is 26.1 Å². The molecule has 18 heavy (non-hydrogen) atoms. The number of aromatic nitrogens is 2. The van der Waals surface area contributed by atoms with E-state index in [1.165, 1.54) is 6.07 Å². The van der Waals surface area contributed by atoms with Crippen LogP contribution in [0.5, 0.6) is 0 Å². The molecule has 2 rings (SSSR count). The summed E-state index contributed by atoms with van der Waals surface area (Å²) in [6, 6.07) is 4.52. The van der Waals surface area contributed by atoms with Crippen molar-refractivity contribution in [1.82, 2.24) is 10.1 Å². The second kappa shape index (κ2) is 5.58. The molecule has 0 bridgehead atoms. The summed E-state index contributed by atoms with van der Waals surface area (Å²) in [5, 5.41) is 13.0. The minimum absolute atomic E-state index is 0.337. The maximum absolute atomic E-state index is 13.1. The van der Waals surface area contributed by atoms with E-state index in [1.54, 1.807) is 19.1 Å². The van der Waals surface area contributed by atoms with Crippen LogP contribution in [-0.2, 0) is 6.42 Å². The second-order valence-electron chi connectivity index (χ2n) is 4.03. The third-order valence-corrected chi connectivity index (χ3v) is 3.03. The van der Waals surface area contributed by atoms with Crippen molar-refractivity contribution in [1.29, 1.82) is 0 Å². The highest BCUT2D eigenvalue weighted by Gasteiger charge is 2.11. The van der Waals surface area contributed by atoms with Crippen LogP contribution < -0.4 is 0 Å². The number of benzene rings is 1. The minimum atomic E-state index is -0.402. The molecule has 6 heteroatoms. The lowest BCUT2D eigenvalue weighted by atomic mass is 10.2. The Labute approximate surface area is 112 Å². The van der Waals surface area contributed by atoms with E-state index >= 15 is 0 Å². The highest BCUT2D eigenvalue weighted by Crippen LogP contribution is 2.23. The molecule has 96 valence electrons. The van der Waals surface area contributed by atoms with Crippen LogP contribution in [0.25, 0.3) is 11.4 Å². The number of hydrogen-bond acceptors (Lipinski definition) is 4. The molecule has 0 spiro atoms. The lowest BCUT2D eigenvalue weighted by Crippen LogP contribution is -2.01. The van der Waals surface area contributed by atoms with Crippen molar-refractivity contribution in [3.8, 4) is 11.4 Å². The van der Waals surface area contributed by atoms with E-state index < -0.39 is 6.10 Å². The molecule has 1 heterocycles. The average Bonchev–Trinajstić information content (AvgIpc) is 2.79. The van der Waals surface area contributed by atoms with E-state index in [0.717, 1.165) is 0 Å². The number of hydrogen-bond donors (Lipinski definition) is 1. The summed E-state index contributed by atoms with van der Waals surface area (Å²) in [4.78, 5) is 4.19. The van der Waals surface area contributed by atoms with Gasteiger partial charge in [-0.1, -0.05) is 5.16 Å². The van der Waals surface area contributed by atoms with Crippen LogP contribution in [0.15, 0.2) is 27.2 Å². The predicted molar refractivity (Wildman–Crippen MR) is 67.4 cm³/mol. The highest BCUT2D eigenvalue weighted by atomic mass is 79.9. The minimum Gasteiger partial charge on any atom is -0.393 e. The molecule has 1 N–H and O–H groups in total. The Hall–Kier alpha value is -1.27. The summed E-state index contributed by atoms with van der Waals surface area (Å²) in [6.07, 6.45) is 0.683. The SMILES string of the molecule is CC(O)CCc1nc(-c2ccc(F)c(Br)c2)no1.